The molecule has 1 aliphatic heterocycles. The van der Waals surface area contributed by atoms with Gasteiger partial charge in [-0.15, -0.1) is 0 Å². The van der Waals surface area contributed by atoms with E-state index in [0.29, 0.717) is 36.9 Å². The van der Waals surface area contributed by atoms with Crippen LogP contribution in [0, 0.1) is 0 Å². The number of rotatable bonds is 2. The van der Waals surface area contributed by atoms with Crippen molar-refractivity contribution in [1.82, 2.24) is 9.97 Å². The highest BCUT2D eigenvalue weighted by atomic mass is 79.9. The lowest BCUT2D eigenvalue weighted by Gasteiger charge is -2.38. The number of anilines is 1. The fourth-order valence-corrected chi connectivity index (χ4v) is 3.17. The fourth-order valence-electron chi connectivity index (χ4n) is 2.65. The molecule has 0 spiro atoms. The summed E-state index contributed by atoms with van der Waals surface area (Å²) in [6, 6.07) is 7.50. The van der Waals surface area contributed by atoms with E-state index in [1.807, 2.05) is 24.3 Å². The molecular formula is C15H15BrClN3O. The van der Waals surface area contributed by atoms with Gasteiger partial charge in [0.05, 0.1) is 10.1 Å². The van der Waals surface area contributed by atoms with Gasteiger partial charge in [0.25, 0.3) is 0 Å². The number of benzene rings is 1. The molecule has 4 nitrogen and oxygen atoms in total. The standard InChI is InChI=1S/C15H15BrClN3O/c16-11-9-18-14(19-10-11)20-7-5-15(21,6-8-20)12-3-1-2-4-13(12)17/h1-4,9-10,21H,5-8H2. The first-order valence-corrected chi connectivity index (χ1v) is 7.95. The molecule has 1 aliphatic rings. The topological polar surface area (TPSA) is 49.2 Å². The summed E-state index contributed by atoms with van der Waals surface area (Å²) >= 11 is 9.54. The van der Waals surface area contributed by atoms with Gasteiger partial charge in [-0.25, -0.2) is 9.97 Å². The normalized spacial score (nSPS) is 17.8. The van der Waals surface area contributed by atoms with Crippen LogP contribution in [0.2, 0.25) is 5.02 Å². The predicted octanol–water partition coefficient (Wildman–Crippen LogP) is 3.38. The van der Waals surface area contributed by atoms with Crippen molar-refractivity contribution in [2.24, 2.45) is 0 Å². The van der Waals surface area contributed by atoms with Crippen LogP contribution in [0.4, 0.5) is 5.95 Å². The van der Waals surface area contributed by atoms with Crippen LogP contribution in [-0.2, 0) is 5.60 Å². The van der Waals surface area contributed by atoms with Gasteiger partial charge in [0.15, 0.2) is 0 Å². The van der Waals surface area contributed by atoms with Crippen molar-refractivity contribution >= 4 is 33.5 Å². The van der Waals surface area contributed by atoms with Crippen LogP contribution in [0.3, 0.4) is 0 Å². The van der Waals surface area contributed by atoms with Gasteiger partial charge in [0.1, 0.15) is 0 Å². The van der Waals surface area contributed by atoms with Crippen LogP contribution in [-0.4, -0.2) is 28.2 Å². The largest absolute Gasteiger partial charge is 0.385 e. The predicted molar refractivity (Wildman–Crippen MR) is 86.5 cm³/mol. The van der Waals surface area contributed by atoms with E-state index in [-0.39, 0.29) is 0 Å². The van der Waals surface area contributed by atoms with E-state index in [9.17, 15) is 5.11 Å². The molecule has 6 heteroatoms. The first-order valence-electron chi connectivity index (χ1n) is 6.78. The highest BCUT2D eigenvalue weighted by Crippen LogP contribution is 2.37. The van der Waals surface area contributed by atoms with Gasteiger partial charge in [0, 0.05) is 36.1 Å². The second-order valence-corrected chi connectivity index (χ2v) is 6.52. The zero-order valence-corrected chi connectivity index (χ0v) is 13.7. The van der Waals surface area contributed by atoms with E-state index < -0.39 is 5.60 Å². The number of aromatic nitrogens is 2. The molecule has 1 aromatic carbocycles. The molecule has 1 saturated heterocycles. The SMILES string of the molecule is OC1(c2ccccc2Cl)CCN(c2ncc(Br)cn2)CC1. The van der Waals surface area contributed by atoms with Crippen molar-refractivity contribution < 1.29 is 5.11 Å². The van der Waals surface area contributed by atoms with Crippen molar-refractivity contribution in [1.29, 1.82) is 0 Å². The van der Waals surface area contributed by atoms with E-state index >= 15 is 0 Å². The molecular weight excluding hydrogens is 354 g/mol. The Morgan fingerprint density at radius 3 is 2.38 bits per heavy atom. The number of hydrogen-bond acceptors (Lipinski definition) is 4. The molecule has 0 unspecified atom stereocenters. The van der Waals surface area contributed by atoms with Gasteiger partial charge in [-0.2, -0.15) is 0 Å². The van der Waals surface area contributed by atoms with E-state index in [0.717, 1.165) is 10.0 Å². The lowest BCUT2D eigenvalue weighted by atomic mass is 9.84. The average Bonchev–Trinajstić information content (AvgIpc) is 2.49. The highest BCUT2D eigenvalue weighted by Gasteiger charge is 2.36. The van der Waals surface area contributed by atoms with E-state index in [1.54, 1.807) is 12.4 Å². The maximum absolute atomic E-state index is 10.9. The third-order valence-electron chi connectivity index (χ3n) is 3.86. The van der Waals surface area contributed by atoms with Gasteiger partial charge in [-0.05, 0) is 34.8 Å². The van der Waals surface area contributed by atoms with Crippen LogP contribution >= 0.6 is 27.5 Å². The second-order valence-electron chi connectivity index (χ2n) is 5.20. The van der Waals surface area contributed by atoms with Crippen LogP contribution in [0.1, 0.15) is 18.4 Å². The van der Waals surface area contributed by atoms with E-state index in [4.69, 9.17) is 11.6 Å². The molecule has 2 aromatic rings. The second kappa shape index (κ2) is 5.91. The summed E-state index contributed by atoms with van der Waals surface area (Å²) in [5.41, 5.74) is -0.0625. The molecule has 0 atom stereocenters. The van der Waals surface area contributed by atoms with Gasteiger partial charge in [-0.3, -0.25) is 0 Å². The molecule has 0 aliphatic carbocycles. The number of aliphatic hydroxyl groups is 1. The molecule has 0 saturated carbocycles. The zero-order valence-electron chi connectivity index (χ0n) is 11.3. The van der Waals surface area contributed by atoms with Crippen LogP contribution < -0.4 is 4.90 Å². The minimum atomic E-state index is -0.871. The Kier molecular flexibility index (Phi) is 4.15. The van der Waals surface area contributed by atoms with Gasteiger partial charge < -0.3 is 10.0 Å². The Labute approximate surface area is 136 Å². The summed E-state index contributed by atoms with van der Waals surface area (Å²) in [6.07, 6.45) is 4.68. The third-order valence-corrected chi connectivity index (χ3v) is 4.59. The van der Waals surface area contributed by atoms with Crippen molar-refractivity contribution in [2.75, 3.05) is 18.0 Å². The zero-order chi connectivity index (χ0) is 14.9. The summed E-state index contributed by atoms with van der Waals surface area (Å²) in [5.74, 6) is 0.694. The summed E-state index contributed by atoms with van der Waals surface area (Å²) in [7, 11) is 0. The number of nitrogens with zero attached hydrogens (tertiary/aromatic N) is 3. The molecule has 0 bridgehead atoms. The number of halogens is 2. The smallest absolute Gasteiger partial charge is 0.225 e. The minimum absolute atomic E-state index is 0.607. The quantitative estimate of drug-likeness (QED) is 0.883. The molecule has 0 radical (unpaired) electrons. The van der Waals surface area contributed by atoms with Crippen LogP contribution in [0.25, 0.3) is 0 Å². The highest BCUT2D eigenvalue weighted by molar-refractivity contribution is 9.10. The molecule has 1 fully saturated rings. The number of hydrogen-bond donors (Lipinski definition) is 1. The lowest BCUT2D eigenvalue weighted by molar-refractivity contribution is 0.0116. The first kappa shape index (κ1) is 14.8. The van der Waals surface area contributed by atoms with Gasteiger partial charge in [-0.1, -0.05) is 29.8 Å². The van der Waals surface area contributed by atoms with Crippen LogP contribution in [0.15, 0.2) is 41.1 Å². The lowest BCUT2D eigenvalue weighted by Crippen LogP contribution is -2.43. The molecule has 1 N–H and O–H groups in total. The minimum Gasteiger partial charge on any atom is -0.385 e. The van der Waals surface area contributed by atoms with Gasteiger partial charge >= 0.3 is 0 Å². The Morgan fingerprint density at radius 1 is 1.14 bits per heavy atom. The van der Waals surface area contributed by atoms with Crippen molar-refractivity contribution in [3.63, 3.8) is 0 Å². The maximum atomic E-state index is 10.9. The van der Waals surface area contributed by atoms with E-state index in [2.05, 4.69) is 30.8 Å². The molecule has 110 valence electrons. The molecule has 1 aromatic heterocycles. The summed E-state index contributed by atoms with van der Waals surface area (Å²) < 4.78 is 0.857. The fraction of sp³-hybridized carbons (Fsp3) is 0.333. The monoisotopic (exact) mass is 367 g/mol. The van der Waals surface area contributed by atoms with Crippen molar-refractivity contribution in [3.05, 3.63) is 51.7 Å². The molecule has 3 rings (SSSR count). The Bertz CT molecular complexity index is 627. The van der Waals surface area contributed by atoms with Crippen molar-refractivity contribution in [3.8, 4) is 0 Å². The molecule has 2 heterocycles. The van der Waals surface area contributed by atoms with E-state index in [1.165, 1.54) is 0 Å². The molecule has 21 heavy (non-hydrogen) atoms. The number of piperidine rings is 1. The summed E-state index contributed by atoms with van der Waals surface area (Å²) in [5, 5.41) is 11.5. The van der Waals surface area contributed by atoms with Crippen molar-refractivity contribution in [2.45, 2.75) is 18.4 Å². The third kappa shape index (κ3) is 3.05. The Balaban J connectivity index is 1.75. The van der Waals surface area contributed by atoms with Crippen LogP contribution in [0.5, 0.6) is 0 Å². The average molecular weight is 369 g/mol. The summed E-state index contributed by atoms with van der Waals surface area (Å²) in [6.45, 7) is 1.40. The molecule has 0 amide bonds. The Morgan fingerprint density at radius 2 is 1.76 bits per heavy atom. The maximum Gasteiger partial charge on any atom is 0.225 e. The van der Waals surface area contributed by atoms with Gasteiger partial charge in [0.2, 0.25) is 5.95 Å². The summed E-state index contributed by atoms with van der Waals surface area (Å²) in [4.78, 5) is 10.7. The first-order chi connectivity index (χ1) is 10.1. The Hall–Kier alpha value is -1.17.